The Labute approximate surface area is 115 Å². The van der Waals surface area contributed by atoms with Gasteiger partial charge in [0.2, 0.25) is 0 Å². The first kappa shape index (κ1) is 14.1. The summed E-state index contributed by atoms with van der Waals surface area (Å²) in [4.78, 5) is 14.2. The van der Waals surface area contributed by atoms with Crippen molar-refractivity contribution in [2.45, 2.75) is 32.3 Å². The highest BCUT2D eigenvalue weighted by Gasteiger charge is 2.20. The lowest BCUT2D eigenvalue weighted by Crippen LogP contribution is -2.31. The second kappa shape index (κ2) is 6.71. The highest BCUT2D eigenvalue weighted by Crippen LogP contribution is 2.25. The van der Waals surface area contributed by atoms with Crippen LogP contribution in [0.25, 0.3) is 0 Å². The Morgan fingerprint density at radius 1 is 1.26 bits per heavy atom. The van der Waals surface area contributed by atoms with E-state index in [-0.39, 0.29) is 5.91 Å². The summed E-state index contributed by atoms with van der Waals surface area (Å²) in [5, 5.41) is 0. The molecule has 3 nitrogen and oxygen atoms in total. The first-order valence-corrected chi connectivity index (χ1v) is 7.04. The molecule has 0 atom stereocenters. The summed E-state index contributed by atoms with van der Waals surface area (Å²) in [6.07, 6.45) is 5.17. The van der Waals surface area contributed by atoms with E-state index in [9.17, 15) is 4.79 Å². The maximum absolute atomic E-state index is 12.3. The van der Waals surface area contributed by atoms with Gasteiger partial charge in [0.15, 0.2) is 0 Å². The van der Waals surface area contributed by atoms with Crippen molar-refractivity contribution < 1.29 is 9.53 Å². The molecule has 19 heavy (non-hydrogen) atoms. The SMILES string of the molecule is COCc1ccc(C(=O)N(C)CC2CCCC2)cc1. The van der Waals surface area contributed by atoms with Crippen LogP contribution in [-0.4, -0.2) is 31.5 Å². The molecule has 1 aromatic rings. The summed E-state index contributed by atoms with van der Waals surface area (Å²) in [7, 11) is 3.58. The molecule has 1 fully saturated rings. The van der Waals surface area contributed by atoms with Gasteiger partial charge in [-0.15, -0.1) is 0 Å². The molecule has 0 aromatic heterocycles. The van der Waals surface area contributed by atoms with Gasteiger partial charge >= 0.3 is 0 Å². The van der Waals surface area contributed by atoms with Gasteiger partial charge in [-0.1, -0.05) is 25.0 Å². The van der Waals surface area contributed by atoms with E-state index in [1.165, 1.54) is 25.7 Å². The number of amides is 1. The lowest BCUT2D eigenvalue weighted by molar-refractivity contribution is 0.0773. The van der Waals surface area contributed by atoms with Crippen LogP contribution in [0.15, 0.2) is 24.3 Å². The Kier molecular flexibility index (Phi) is 4.97. The fourth-order valence-corrected chi connectivity index (χ4v) is 2.79. The molecule has 2 rings (SSSR count). The number of hydrogen-bond acceptors (Lipinski definition) is 2. The molecule has 1 aromatic carbocycles. The van der Waals surface area contributed by atoms with Crippen LogP contribution in [0.5, 0.6) is 0 Å². The lowest BCUT2D eigenvalue weighted by Gasteiger charge is -2.21. The Balaban J connectivity index is 1.93. The van der Waals surface area contributed by atoms with Gasteiger partial charge in [-0.25, -0.2) is 0 Å². The van der Waals surface area contributed by atoms with Gasteiger partial charge in [-0.2, -0.15) is 0 Å². The Hall–Kier alpha value is -1.35. The summed E-state index contributed by atoms with van der Waals surface area (Å²) in [6, 6.07) is 7.70. The Morgan fingerprint density at radius 2 is 1.89 bits per heavy atom. The van der Waals surface area contributed by atoms with Gasteiger partial charge in [0.1, 0.15) is 0 Å². The summed E-state index contributed by atoms with van der Waals surface area (Å²) < 4.78 is 5.07. The van der Waals surface area contributed by atoms with Crippen LogP contribution in [0.2, 0.25) is 0 Å². The minimum atomic E-state index is 0.121. The summed E-state index contributed by atoms with van der Waals surface area (Å²) >= 11 is 0. The molecule has 0 bridgehead atoms. The zero-order valence-electron chi connectivity index (χ0n) is 11.9. The third-order valence-corrected chi connectivity index (χ3v) is 3.87. The van der Waals surface area contributed by atoms with E-state index in [0.717, 1.165) is 17.7 Å². The molecule has 0 heterocycles. The highest BCUT2D eigenvalue weighted by molar-refractivity contribution is 5.94. The highest BCUT2D eigenvalue weighted by atomic mass is 16.5. The zero-order chi connectivity index (χ0) is 13.7. The van der Waals surface area contributed by atoms with Crippen molar-refractivity contribution >= 4 is 5.91 Å². The zero-order valence-corrected chi connectivity index (χ0v) is 11.9. The van der Waals surface area contributed by atoms with Gasteiger partial charge < -0.3 is 9.64 Å². The number of carbonyl (C=O) groups excluding carboxylic acids is 1. The van der Waals surface area contributed by atoms with E-state index in [4.69, 9.17) is 4.74 Å². The van der Waals surface area contributed by atoms with Crippen molar-refractivity contribution in [3.05, 3.63) is 35.4 Å². The molecule has 0 spiro atoms. The van der Waals surface area contributed by atoms with Crippen LogP contribution >= 0.6 is 0 Å². The number of nitrogens with zero attached hydrogens (tertiary/aromatic N) is 1. The van der Waals surface area contributed by atoms with Crippen molar-refractivity contribution in [1.82, 2.24) is 4.90 Å². The molecule has 0 aliphatic heterocycles. The van der Waals surface area contributed by atoms with Crippen LogP contribution in [0.1, 0.15) is 41.6 Å². The smallest absolute Gasteiger partial charge is 0.253 e. The largest absolute Gasteiger partial charge is 0.380 e. The fraction of sp³-hybridized carbons (Fsp3) is 0.562. The van der Waals surface area contributed by atoms with Crippen molar-refractivity contribution in [3.8, 4) is 0 Å². The van der Waals surface area contributed by atoms with E-state index in [1.54, 1.807) is 7.11 Å². The van der Waals surface area contributed by atoms with E-state index in [2.05, 4.69) is 0 Å². The number of rotatable bonds is 5. The molecule has 0 unspecified atom stereocenters. The minimum absolute atomic E-state index is 0.121. The number of methoxy groups -OCH3 is 1. The third-order valence-electron chi connectivity index (χ3n) is 3.87. The van der Waals surface area contributed by atoms with Gasteiger partial charge in [0.25, 0.3) is 5.91 Å². The number of carbonyl (C=O) groups is 1. The van der Waals surface area contributed by atoms with Crippen molar-refractivity contribution in [2.24, 2.45) is 5.92 Å². The molecular formula is C16H23NO2. The van der Waals surface area contributed by atoms with Crippen molar-refractivity contribution in [3.63, 3.8) is 0 Å². The molecule has 0 N–H and O–H groups in total. The minimum Gasteiger partial charge on any atom is -0.380 e. The summed E-state index contributed by atoms with van der Waals surface area (Å²) in [5.41, 5.74) is 1.86. The molecule has 1 amide bonds. The molecular weight excluding hydrogens is 238 g/mol. The maximum atomic E-state index is 12.3. The lowest BCUT2D eigenvalue weighted by atomic mass is 10.1. The molecule has 0 saturated heterocycles. The average Bonchev–Trinajstić information content (AvgIpc) is 2.92. The van der Waals surface area contributed by atoms with Crippen LogP contribution in [0.3, 0.4) is 0 Å². The van der Waals surface area contributed by atoms with Crippen LogP contribution in [0, 0.1) is 5.92 Å². The quantitative estimate of drug-likeness (QED) is 0.815. The van der Waals surface area contributed by atoms with E-state index >= 15 is 0 Å². The number of benzene rings is 1. The molecule has 3 heteroatoms. The van der Waals surface area contributed by atoms with E-state index < -0.39 is 0 Å². The average molecular weight is 261 g/mol. The first-order valence-electron chi connectivity index (χ1n) is 7.04. The topological polar surface area (TPSA) is 29.5 Å². The molecule has 1 saturated carbocycles. The van der Waals surface area contributed by atoms with Crippen molar-refractivity contribution in [1.29, 1.82) is 0 Å². The summed E-state index contributed by atoms with van der Waals surface area (Å²) in [5.74, 6) is 0.817. The summed E-state index contributed by atoms with van der Waals surface area (Å²) in [6.45, 7) is 1.48. The number of hydrogen-bond donors (Lipinski definition) is 0. The van der Waals surface area contributed by atoms with Crippen LogP contribution < -0.4 is 0 Å². The van der Waals surface area contributed by atoms with Crippen LogP contribution in [0.4, 0.5) is 0 Å². The molecule has 0 radical (unpaired) electrons. The standard InChI is InChI=1S/C16H23NO2/c1-17(11-13-5-3-4-6-13)16(18)15-9-7-14(8-10-15)12-19-2/h7-10,13H,3-6,11-12H2,1-2H3. The second-order valence-electron chi connectivity index (χ2n) is 5.47. The predicted octanol–water partition coefficient (Wildman–Crippen LogP) is 3.10. The monoisotopic (exact) mass is 261 g/mol. The van der Waals surface area contributed by atoms with Gasteiger partial charge in [-0.05, 0) is 36.5 Å². The second-order valence-corrected chi connectivity index (χ2v) is 5.47. The molecule has 1 aliphatic rings. The molecule has 1 aliphatic carbocycles. The number of ether oxygens (including phenoxy) is 1. The van der Waals surface area contributed by atoms with E-state index in [1.807, 2.05) is 36.2 Å². The van der Waals surface area contributed by atoms with Crippen LogP contribution in [-0.2, 0) is 11.3 Å². The van der Waals surface area contributed by atoms with Gasteiger partial charge in [0.05, 0.1) is 6.61 Å². The first-order chi connectivity index (χ1) is 9.20. The Morgan fingerprint density at radius 3 is 2.47 bits per heavy atom. The fourth-order valence-electron chi connectivity index (χ4n) is 2.79. The maximum Gasteiger partial charge on any atom is 0.253 e. The van der Waals surface area contributed by atoms with Gasteiger partial charge in [-0.3, -0.25) is 4.79 Å². The van der Waals surface area contributed by atoms with Crippen molar-refractivity contribution in [2.75, 3.05) is 20.7 Å². The predicted molar refractivity (Wildman–Crippen MR) is 76.1 cm³/mol. The third kappa shape index (κ3) is 3.80. The van der Waals surface area contributed by atoms with Gasteiger partial charge in [0, 0.05) is 26.3 Å². The van der Waals surface area contributed by atoms with E-state index in [0.29, 0.717) is 12.5 Å². The molecule has 104 valence electrons. The Bertz CT molecular complexity index is 407. The normalized spacial score (nSPS) is 15.7.